The maximum Gasteiger partial charge on any atom is 0.267 e. The van der Waals surface area contributed by atoms with Gasteiger partial charge in [-0.25, -0.2) is 8.78 Å². The van der Waals surface area contributed by atoms with Crippen LogP contribution in [0.3, 0.4) is 0 Å². The Kier molecular flexibility index (Phi) is 6.55. The molecule has 0 aliphatic carbocycles. The molecule has 3 rings (SSSR count). The summed E-state index contributed by atoms with van der Waals surface area (Å²) in [5.41, 5.74) is 6.59. The summed E-state index contributed by atoms with van der Waals surface area (Å²) >= 11 is 18.7. The standard InChI is InChI=1S/C9H12ClNO.C7HBrClF2NOS/c1-5(2)7-3-6(10)4-8(11)9(7)12;8-1-3(10)2(9)4(11)5-6(1)13-7(14)12-5/h3-5,12H,11H2,1-2H3;(H,12,14). The largest absolute Gasteiger partial charge is 0.505 e. The molecule has 26 heavy (non-hydrogen) atoms. The van der Waals surface area contributed by atoms with Gasteiger partial charge in [0.25, 0.3) is 4.84 Å². The minimum atomic E-state index is -0.915. The van der Waals surface area contributed by atoms with Gasteiger partial charge in [0.2, 0.25) is 0 Å². The summed E-state index contributed by atoms with van der Waals surface area (Å²) in [6, 6.07) is 3.28. The summed E-state index contributed by atoms with van der Waals surface area (Å²) < 4.78 is 31.4. The quantitative estimate of drug-likeness (QED) is 0.115. The molecule has 0 bridgehead atoms. The topological polar surface area (TPSA) is 75.2 Å². The first-order chi connectivity index (χ1) is 12.0. The summed E-state index contributed by atoms with van der Waals surface area (Å²) in [5.74, 6) is -1.45. The van der Waals surface area contributed by atoms with Gasteiger partial charge >= 0.3 is 0 Å². The van der Waals surface area contributed by atoms with Crippen molar-refractivity contribution >= 4 is 68.1 Å². The Morgan fingerprint density at radius 3 is 2.46 bits per heavy atom. The van der Waals surface area contributed by atoms with Gasteiger partial charge in [0, 0.05) is 10.6 Å². The molecule has 1 heterocycles. The molecule has 0 saturated heterocycles. The maximum atomic E-state index is 13.3. The molecule has 0 amide bonds. The molecule has 3 aromatic rings. The number of aromatic hydroxyl groups is 1. The molecular formula is C16H13BrCl2F2N2O2S. The number of fused-ring (bicyclic) bond motifs is 1. The van der Waals surface area contributed by atoms with Crippen LogP contribution >= 0.6 is 51.3 Å². The molecule has 140 valence electrons. The lowest BCUT2D eigenvalue weighted by Crippen LogP contribution is -1.93. The number of H-pyrrole nitrogens is 1. The molecule has 4 N–H and O–H groups in total. The molecule has 0 aliphatic heterocycles. The third-order valence-electron chi connectivity index (χ3n) is 3.40. The molecule has 0 saturated carbocycles. The van der Waals surface area contributed by atoms with Gasteiger partial charge in [-0.15, -0.1) is 0 Å². The van der Waals surface area contributed by atoms with Crippen molar-refractivity contribution in [2.45, 2.75) is 19.8 Å². The zero-order valence-electron chi connectivity index (χ0n) is 13.5. The molecule has 0 atom stereocenters. The van der Waals surface area contributed by atoms with Gasteiger partial charge in [0.05, 0.1) is 10.2 Å². The normalized spacial score (nSPS) is 10.9. The number of nitrogens with one attached hydrogen (secondary N) is 1. The Morgan fingerprint density at radius 2 is 1.88 bits per heavy atom. The number of phenols is 1. The lowest BCUT2D eigenvalue weighted by molar-refractivity contribution is 0.467. The highest BCUT2D eigenvalue weighted by molar-refractivity contribution is 9.10. The molecule has 1 aromatic heterocycles. The first-order valence-electron chi connectivity index (χ1n) is 7.17. The molecule has 4 nitrogen and oxygen atoms in total. The van der Waals surface area contributed by atoms with Crippen LogP contribution in [0.1, 0.15) is 25.3 Å². The van der Waals surface area contributed by atoms with Gasteiger partial charge in [-0.3, -0.25) is 0 Å². The highest BCUT2D eigenvalue weighted by atomic mass is 79.9. The van der Waals surface area contributed by atoms with E-state index in [1.165, 1.54) is 0 Å². The van der Waals surface area contributed by atoms with E-state index in [1.807, 2.05) is 13.8 Å². The Morgan fingerprint density at radius 1 is 1.27 bits per heavy atom. The smallest absolute Gasteiger partial charge is 0.267 e. The molecule has 0 spiro atoms. The van der Waals surface area contributed by atoms with E-state index in [1.54, 1.807) is 12.1 Å². The van der Waals surface area contributed by atoms with E-state index in [4.69, 9.17) is 33.4 Å². The fraction of sp³-hybridized carbons (Fsp3) is 0.188. The number of oxazole rings is 1. The molecule has 2 aromatic carbocycles. The van der Waals surface area contributed by atoms with E-state index < -0.39 is 16.7 Å². The molecule has 10 heteroatoms. The Balaban J connectivity index is 0.000000190. The van der Waals surface area contributed by atoms with Crippen LogP contribution in [0.25, 0.3) is 11.1 Å². The van der Waals surface area contributed by atoms with Crippen LogP contribution < -0.4 is 5.73 Å². The van der Waals surface area contributed by atoms with E-state index in [-0.39, 0.29) is 32.1 Å². The second kappa shape index (κ2) is 8.12. The molecule has 0 unspecified atom stereocenters. The number of aromatic nitrogens is 1. The van der Waals surface area contributed by atoms with E-state index in [2.05, 4.69) is 33.1 Å². The third kappa shape index (κ3) is 4.14. The third-order valence-corrected chi connectivity index (χ3v) is 4.85. The van der Waals surface area contributed by atoms with Crippen LogP contribution in [0.15, 0.2) is 21.0 Å². The Labute approximate surface area is 171 Å². The first kappa shape index (κ1) is 21.0. The number of rotatable bonds is 1. The summed E-state index contributed by atoms with van der Waals surface area (Å²) in [6.45, 7) is 3.95. The van der Waals surface area contributed by atoms with Crippen LogP contribution in [0.4, 0.5) is 14.5 Å². The second-order valence-electron chi connectivity index (χ2n) is 5.56. The van der Waals surface area contributed by atoms with Gasteiger partial charge in [-0.1, -0.05) is 37.0 Å². The van der Waals surface area contributed by atoms with E-state index in [0.717, 1.165) is 5.56 Å². The van der Waals surface area contributed by atoms with Crippen molar-refractivity contribution in [3.05, 3.63) is 48.7 Å². The summed E-state index contributed by atoms with van der Waals surface area (Å²) in [6.07, 6.45) is 0. The predicted molar refractivity (Wildman–Crippen MR) is 106 cm³/mol. The fourth-order valence-electron chi connectivity index (χ4n) is 2.12. The highest BCUT2D eigenvalue weighted by Gasteiger charge is 2.20. The van der Waals surface area contributed by atoms with Crippen LogP contribution in [-0.2, 0) is 0 Å². The van der Waals surface area contributed by atoms with E-state index >= 15 is 0 Å². The Bertz CT molecular complexity index is 989. The van der Waals surface area contributed by atoms with E-state index in [9.17, 15) is 13.9 Å². The number of anilines is 1. The minimum Gasteiger partial charge on any atom is -0.505 e. The number of halogens is 5. The van der Waals surface area contributed by atoms with E-state index in [0.29, 0.717) is 10.7 Å². The van der Waals surface area contributed by atoms with Crippen LogP contribution in [-0.4, -0.2) is 10.1 Å². The van der Waals surface area contributed by atoms with Gasteiger partial charge in [-0.05, 0) is 46.2 Å². The summed E-state index contributed by atoms with van der Waals surface area (Å²) in [7, 11) is 0. The lowest BCUT2D eigenvalue weighted by Gasteiger charge is -2.10. The van der Waals surface area contributed by atoms with Gasteiger partial charge in [0.1, 0.15) is 16.3 Å². The monoisotopic (exact) mass is 484 g/mol. The second-order valence-corrected chi connectivity index (χ2v) is 7.54. The lowest BCUT2D eigenvalue weighted by atomic mass is 10.0. The predicted octanol–water partition coefficient (Wildman–Crippen LogP) is 6.94. The first-order valence-corrected chi connectivity index (χ1v) is 9.12. The molecule has 0 radical (unpaired) electrons. The highest BCUT2D eigenvalue weighted by Crippen LogP contribution is 2.35. The minimum absolute atomic E-state index is 0.0191. The molecule has 0 fully saturated rings. The average molecular weight is 486 g/mol. The fourth-order valence-corrected chi connectivity index (χ4v) is 3.32. The SMILES string of the molecule is CC(C)c1cc(Cl)cc(N)c1O.Fc1c(Cl)c(F)c2[nH]c(=S)oc2c1Br. The number of phenolic OH excluding ortho intramolecular Hbond substituents is 1. The van der Waals surface area contributed by atoms with Crippen molar-refractivity contribution in [3.8, 4) is 5.75 Å². The van der Waals surface area contributed by atoms with Gasteiger partial charge in [-0.2, -0.15) is 0 Å². The van der Waals surface area contributed by atoms with Crippen LogP contribution in [0, 0.1) is 16.5 Å². The summed E-state index contributed by atoms with van der Waals surface area (Å²) in [4.78, 5) is 2.39. The average Bonchev–Trinajstić information content (AvgIpc) is 2.96. The van der Waals surface area contributed by atoms with Crippen molar-refractivity contribution in [2.24, 2.45) is 0 Å². The molecule has 0 aliphatic rings. The zero-order valence-corrected chi connectivity index (χ0v) is 17.4. The number of aromatic amines is 1. The van der Waals surface area contributed by atoms with Gasteiger partial charge in [0.15, 0.2) is 17.2 Å². The number of hydrogen-bond acceptors (Lipinski definition) is 4. The van der Waals surface area contributed by atoms with Crippen molar-refractivity contribution in [1.29, 1.82) is 0 Å². The number of hydrogen-bond donors (Lipinski definition) is 3. The zero-order chi connectivity index (χ0) is 19.8. The Hall–Kier alpha value is -1.35. The van der Waals surface area contributed by atoms with Crippen molar-refractivity contribution in [2.75, 3.05) is 5.73 Å². The maximum absolute atomic E-state index is 13.3. The van der Waals surface area contributed by atoms with Crippen LogP contribution in [0.2, 0.25) is 10.0 Å². The van der Waals surface area contributed by atoms with Crippen molar-refractivity contribution in [1.82, 2.24) is 4.98 Å². The molecular weight excluding hydrogens is 473 g/mol. The number of nitrogen functional groups attached to an aromatic ring is 1. The summed E-state index contributed by atoms with van der Waals surface area (Å²) in [5, 5.41) is 9.47. The number of benzene rings is 2. The van der Waals surface area contributed by atoms with Crippen molar-refractivity contribution in [3.63, 3.8) is 0 Å². The van der Waals surface area contributed by atoms with Crippen molar-refractivity contribution < 1.29 is 18.3 Å². The van der Waals surface area contributed by atoms with Gasteiger partial charge < -0.3 is 20.2 Å². The number of nitrogens with two attached hydrogens (primary N) is 1. The van der Waals surface area contributed by atoms with Crippen LogP contribution in [0.5, 0.6) is 5.75 Å².